The van der Waals surface area contributed by atoms with E-state index < -0.39 is 0 Å². The van der Waals surface area contributed by atoms with Gasteiger partial charge in [-0.15, -0.1) is 0 Å². The number of hydrogen-bond acceptors (Lipinski definition) is 3. The van der Waals surface area contributed by atoms with E-state index in [0.29, 0.717) is 19.0 Å². The second-order valence-electron chi connectivity index (χ2n) is 4.74. The second kappa shape index (κ2) is 6.91. The van der Waals surface area contributed by atoms with Crippen LogP contribution in [0.3, 0.4) is 0 Å². The molecule has 1 aliphatic carbocycles. The van der Waals surface area contributed by atoms with Gasteiger partial charge >= 0.3 is 0 Å². The Hall–Kier alpha value is -1.07. The first-order valence-electron chi connectivity index (χ1n) is 6.51. The first-order valence-corrected chi connectivity index (χ1v) is 7.31. The molecular weight excluding hydrogens is 308 g/mol. The number of benzene rings is 1. The van der Waals surface area contributed by atoms with Crippen molar-refractivity contribution in [3.63, 3.8) is 0 Å². The van der Waals surface area contributed by atoms with Crippen molar-refractivity contribution in [3.05, 3.63) is 28.2 Å². The number of amides is 1. The highest BCUT2D eigenvalue weighted by atomic mass is 79.9. The topological polar surface area (TPSA) is 50.4 Å². The summed E-state index contributed by atoms with van der Waals surface area (Å²) in [6.45, 7) is 1.45. The molecule has 0 unspecified atom stereocenters. The maximum Gasteiger partial charge on any atom is 0.221 e. The Morgan fingerprint density at radius 3 is 2.89 bits per heavy atom. The van der Waals surface area contributed by atoms with E-state index in [0.717, 1.165) is 35.2 Å². The van der Waals surface area contributed by atoms with Crippen LogP contribution in [-0.4, -0.2) is 25.6 Å². The number of hydrogen-bond donors (Lipinski definition) is 2. The van der Waals surface area contributed by atoms with Crippen LogP contribution < -0.4 is 15.4 Å². The van der Waals surface area contributed by atoms with Gasteiger partial charge in [-0.2, -0.15) is 0 Å². The van der Waals surface area contributed by atoms with E-state index in [9.17, 15) is 4.79 Å². The fraction of sp³-hybridized carbons (Fsp3) is 0.500. The van der Waals surface area contributed by atoms with Crippen LogP contribution in [0.2, 0.25) is 0 Å². The molecular formula is C14H19BrN2O2. The number of carbonyl (C=O) groups excluding carboxylic acids is 1. The molecule has 0 bridgehead atoms. The zero-order valence-electron chi connectivity index (χ0n) is 11.0. The smallest absolute Gasteiger partial charge is 0.221 e. The summed E-state index contributed by atoms with van der Waals surface area (Å²) in [5.41, 5.74) is 1.16. The number of halogens is 1. The van der Waals surface area contributed by atoms with Crippen molar-refractivity contribution >= 4 is 21.8 Å². The average Bonchev–Trinajstić information content (AvgIpc) is 3.19. The van der Waals surface area contributed by atoms with Crippen LogP contribution in [0.15, 0.2) is 22.7 Å². The summed E-state index contributed by atoms with van der Waals surface area (Å²) >= 11 is 3.46. The van der Waals surface area contributed by atoms with Crippen LogP contribution in [0.25, 0.3) is 0 Å². The van der Waals surface area contributed by atoms with Gasteiger partial charge in [0.05, 0.1) is 11.6 Å². The quantitative estimate of drug-likeness (QED) is 0.755. The molecule has 4 nitrogen and oxygen atoms in total. The zero-order valence-corrected chi connectivity index (χ0v) is 12.6. The van der Waals surface area contributed by atoms with E-state index in [1.807, 2.05) is 18.2 Å². The van der Waals surface area contributed by atoms with Crippen LogP contribution >= 0.6 is 15.9 Å². The van der Waals surface area contributed by atoms with Crippen LogP contribution in [0.1, 0.15) is 24.8 Å². The third kappa shape index (κ3) is 4.84. The lowest BCUT2D eigenvalue weighted by atomic mass is 10.2. The molecule has 0 aromatic heterocycles. The van der Waals surface area contributed by atoms with E-state index in [-0.39, 0.29) is 5.91 Å². The van der Waals surface area contributed by atoms with Crippen molar-refractivity contribution in [3.8, 4) is 5.75 Å². The van der Waals surface area contributed by atoms with Gasteiger partial charge in [-0.25, -0.2) is 0 Å². The maximum atomic E-state index is 11.5. The molecule has 2 rings (SSSR count). The molecule has 0 aliphatic heterocycles. The van der Waals surface area contributed by atoms with Crippen molar-refractivity contribution in [2.75, 3.05) is 13.7 Å². The Bertz CT molecular complexity index is 447. The number of carbonyl (C=O) groups is 1. The summed E-state index contributed by atoms with van der Waals surface area (Å²) in [7, 11) is 1.65. The maximum absolute atomic E-state index is 11.5. The number of nitrogens with one attached hydrogen (secondary N) is 2. The molecule has 104 valence electrons. The average molecular weight is 327 g/mol. The third-order valence-electron chi connectivity index (χ3n) is 3.02. The van der Waals surface area contributed by atoms with Gasteiger partial charge in [0.2, 0.25) is 5.91 Å². The largest absolute Gasteiger partial charge is 0.496 e. The second-order valence-corrected chi connectivity index (χ2v) is 5.59. The number of methoxy groups -OCH3 is 1. The van der Waals surface area contributed by atoms with Gasteiger partial charge in [0.25, 0.3) is 0 Å². The van der Waals surface area contributed by atoms with E-state index in [1.165, 1.54) is 0 Å². The van der Waals surface area contributed by atoms with Gasteiger partial charge in [-0.3, -0.25) is 4.79 Å². The van der Waals surface area contributed by atoms with Crippen LogP contribution in [0.5, 0.6) is 5.75 Å². The molecule has 1 aliphatic rings. The summed E-state index contributed by atoms with van der Waals surface area (Å²) in [5, 5.41) is 6.24. The van der Waals surface area contributed by atoms with E-state index >= 15 is 0 Å². The molecule has 1 amide bonds. The molecule has 0 saturated heterocycles. The molecule has 1 fully saturated rings. The minimum absolute atomic E-state index is 0.144. The fourth-order valence-corrected chi connectivity index (χ4v) is 2.37. The zero-order chi connectivity index (χ0) is 13.7. The van der Waals surface area contributed by atoms with Gasteiger partial charge in [0.1, 0.15) is 5.75 Å². The molecule has 0 radical (unpaired) electrons. The van der Waals surface area contributed by atoms with Crippen LogP contribution in [0, 0.1) is 0 Å². The highest BCUT2D eigenvalue weighted by Gasteiger charge is 2.22. The minimum Gasteiger partial charge on any atom is -0.496 e. The lowest BCUT2D eigenvalue weighted by Crippen LogP contribution is -2.28. The Labute approximate surface area is 122 Å². The summed E-state index contributed by atoms with van der Waals surface area (Å²) < 4.78 is 6.12. The van der Waals surface area contributed by atoms with Crippen molar-refractivity contribution in [2.45, 2.75) is 31.8 Å². The fourth-order valence-electron chi connectivity index (χ4n) is 1.78. The molecule has 1 aromatic rings. The number of rotatable bonds is 7. The molecule has 1 aromatic carbocycles. The Balaban J connectivity index is 1.67. The molecule has 19 heavy (non-hydrogen) atoms. The highest BCUT2D eigenvalue weighted by Crippen LogP contribution is 2.25. The summed E-state index contributed by atoms with van der Waals surface area (Å²) in [6.07, 6.45) is 2.81. The predicted octanol–water partition coefficient (Wildman–Crippen LogP) is 2.22. The lowest BCUT2D eigenvalue weighted by molar-refractivity contribution is -0.121. The summed E-state index contributed by atoms with van der Waals surface area (Å²) in [4.78, 5) is 11.5. The summed E-state index contributed by atoms with van der Waals surface area (Å²) in [5.74, 6) is 0.971. The van der Waals surface area contributed by atoms with E-state index in [4.69, 9.17) is 4.74 Å². The van der Waals surface area contributed by atoms with Gasteiger partial charge in [-0.1, -0.05) is 6.07 Å². The first-order chi connectivity index (χ1) is 9.19. The van der Waals surface area contributed by atoms with Crippen molar-refractivity contribution < 1.29 is 9.53 Å². The van der Waals surface area contributed by atoms with Gasteiger partial charge in [-0.05, 0) is 46.5 Å². The normalized spacial score (nSPS) is 14.2. The van der Waals surface area contributed by atoms with Gasteiger partial charge in [0.15, 0.2) is 0 Å². The molecule has 0 atom stereocenters. The van der Waals surface area contributed by atoms with Crippen molar-refractivity contribution in [1.29, 1.82) is 0 Å². The highest BCUT2D eigenvalue weighted by molar-refractivity contribution is 9.10. The van der Waals surface area contributed by atoms with Crippen molar-refractivity contribution in [2.24, 2.45) is 0 Å². The van der Waals surface area contributed by atoms with Gasteiger partial charge < -0.3 is 15.4 Å². The van der Waals surface area contributed by atoms with Gasteiger partial charge in [0, 0.05) is 25.6 Å². The Morgan fingerprint density at radius 2 is 2.26 bits per heavy atom. The first kappa shape index (κ1) is 14.3. The monoisotopic (exact) mass is 326 g/mol. The van der Waals surface area contributed by atoms with E-state index in [2.05, 4.69) is 26.6 Å². The van der Waals surface area contributed by atoms with Crippen molar-refractivity contribution in [1.82, 2.24) is 10.6 Å². The molecule has 1 saturated carbocycles. The number of ether oxygens (including phenoxy) is 1. The van der Waals surface area contributed by atoms with Crippen LogP contribution in [-0.2, 0) is 11.3 Å². The summed E-state index contributed by atoms with van der Waals surface area (Å²) in [6, 6.07) is 6.42. The van der Waals surface area contributed by atoms with Crippen LogP contribution in [0.4, 0.5) is 0 Å². The molecule has 0 spiro atoms. The predicted molar refractivity (Wildman–Crippen MR) is 78.2 cm³/mol. The minimum atomic E-state index is 0.144. The van der Waals surface area contributed by atoms with E-state index in [1.54, 1.807) is 7.11 Å². The standard InChI is InChI=1S/C14H19BrN2O2/c1-19-13-5-2-10(8-12(13)15)9-16-7-6-14(18)17-11-3-4-11/h2,5,8,11,16H,3-4,6-7,9H2,1H3,(H,17,18). The Kier molecular flexibility index (Phi) is 5.22. The molecule has 0 heterocycles. The Morgan fingerprint density at radius 1 is 1.47 bits per heavy atom. The molecule has 2 N–H and O–H groups in total. The third-order valence-corrected chi connectivity index (χ3v) is 3.64. The molecule has 5 heteroatoms. The SMILES string of the molecule is COc1ccc(CNCCC(=O)NC2CC2)cc1Br. The lowest BCUT2D eigenvalue weighted by Gasteiger charge is -2.08.